The van der Waals surface area contributed by atoms with Gasteiger partial charge in [-0.05, 0) is 79.0 Å². The number of nitrogens with one attached hydrogen (secondary N) is 4. The first-order chi connectivity index (χ1) is 9.41. The van der Waals surface area contributed by atoms with E-state index in [2.05, 4.69) is 21.3 Å². The standard InChI is InChI=1S/C15H36N4/c1-16-10-8-14-18-12-6-4-3-5-7-13-19-15-9-11-17-2/h16-19H,3-15H2,1-2H3. The van der Waals surface area contributed by atoms with E-state index in [-0.39, 0.29) is 0 Å². The van der Waals surface area contributed by atoms with Crippen LogP contribution in [0.1, 0.15) is 44.9 Å². The van der Waals surface area contributed by atoms with Gasteiger partial charge < -0.3 is 21.3 Å². The van der Waals surface area contributed by atoms with Crippen LogP contribution in [-0.4, -0.2) is 53.4 Å². The molecule has 0 aromatic heterocycles. The molecule has 4 heteroatoms. The van der Waals surface area contributed by atoms with Gasteiger partial charge in [0.15, 0.2) is 0 Å². The Labute approximate surface area is 120 Å². The van der Waals surface area contributed by atoms with Gasteiger partial charge in [-0.1, -0.05) is 19.3 Å². The third-order valence-electron chi connectivity index (χ3n) is 3.27. The highest BCUT2D eigenvalue weighted by Crippen LogP contribution is 2.01. The Kier molecular flexibility index (Phi) is 17.7. The summed E-state index contributed by atoms with van der Waals surface area (Å²) in [6.07, 6.45) is 9.25. The van der Waals surface area contributed by atoms with E-state index >= 15 is 0 Å². The second-order valence-corrected chi connectivity index (χ2v) is 5.18. The Morgan fingerprint density at radius 3 is 1.21 bits per heavy atom. The number of rotatable bonds is 16. The van der Waals surface area contributed by atoms with E-state index in [0.717, 1.165) is 26.2 Å². The first-order valence-electron chi connectivity index (χ1n) is 8.12. The first kappa shape index (κ1) is 18.8. The predicted octanol–water partition coefficient (Wildman–Crippen LogP) is 1.34. The SMILES string of the molecule is CNCCCNCCCCCCCNCCCNC. The third-order valence-corrected chi connectivity index (χ3v) is 3.27. The molecule has 0 saturated heterocycles. The summed E-state index contributed by atoms with van der Waals surface area (Å²) in [5.41, 5.74) is 0. The summed E-state index contributed by atoms with van der Waals surface area (Å²) in [4.78, 5) is 0. The van der Waals surface area contributed by atoms with Crippen molar-refractivity contribution in [3.05, 3.63) is 0 Å². The van der Waals surface area contributed by atoms with Crippen LogP contribution in [0.15, 0.2) is 0 Å². The molecule has 0 saturated carbocycles. The smallest absolute Gasteiger partial charge is 0.00368 e. The molecule has 19 heavy (non-hydrogen) atoms. The Bertz CT molecular complexity index is 137. The van der Waals surface area contributed by atoms with Gasteiger partial charge in [0.05, 0.1) is 0 Å². The van der Waals surface area contributed by atoms with Crippen molar-refractivity contribution in [2.24, 2.45) is 0 Å². The molecule has 0 aliphatic rings. The van der Waals surface area contributed by atoms with E-state index < -0.39 is 0 Å². The van der Waals surface area contributed by atoms with Crippen LogP contribution in [0.2, 0.25) is 0 Å². The molecule has 0 aromatic rings. The van der Waals surface area contributed by atoms with E-state index in [4.69, 9.17) is 0 Å². The van der Waals surface area contributed by atoms with Gasteiger partial charge in [-0.15, -0.1) is 0 Å². The maximum Gasteiger partial charge on any atom is -0.00368 e. The largest absolute Gasteiger partial charge is 0.320 e. The van der Waals surface area contributed by atoms with Crippen molar-refractivity contribution < 1.29 is 0 Å². The van der Waals surface area contributed by atoms with E-state index in [0.29, 0.717) is 0 Å². The third kappa shape index (κ3) is 17.8. The van der Waals surface area contributed by atoms with Gasteiger partial charge in [0.25, 0.3) is 0 Å². The topological polar surface area (TPSA) is 48.1 Å². The van der Waals surface area contributed by atoms with Crippen LogP contribution in [0.3, 0.4) is 0 Å². The van der Waals surface area contributed by atoms with Crippen LogP contribution >= 0.6 is 0 Å². The lowest BCUT2D eigenvalue weighted by atomic mass is 10.1. The van der Waals surface area contributed by atoms with Crippen LogP contribution in [0, 0.1) is 0 Å². The summed E-state index contributed by atoms with van der Waals surface area (Å²) < 4.78 is 0. The molecule has 0 rings (SSSR count). The minimum atomic E-state index is 1.12. The van der Waals surface area contributed by atoms with Crippen molar-refractivity contribution in [1.82, 2.24) is 21.3 Å². The van der Waals surface area contributed by atoms with Crippen molar-refractivity contribution in [1.29, 1.82) is 0 Å². The second kappa shape index (κ2) is 17.8. The molecule has 0 aromatic carbocycles. The van der Waals surface area contributed by atoms with Gasteiger partial charge in [0.2, 0.25) is 0 Å². The monoisotopic (exact) mass is 272 g/mol. The summed E-state index contributed by atoms with van der Waals surface area (Å²) >= 11 is 0. The lowest BCUT2D eigenvalue weighted by Crippen LogP contribution is -2.21. The minimum absolute atomic E-state index is 1.12. The molecule has 0 bridgehead atoms. The van der Waals surface area contributed by atoms with Crippen molar-refractivity contribution >= 4 is 0 Å². The zero-order valence-electron chi connectivity index (χ0n) is 13.2. The normalized spacial score (nSPS) is 11.1. The van der Waals surface area contributed by atoms with E-state index in [9.17, 15) is 0 Å². The molecule has 0 spiro atoms. The summed E-state index contributed by atoms with van der Waals surface area (Å²) in [7, 11) is 4.02. The van der Waals surface area contributed by atoms with Crippen LogP contribution in [0.5, 0.6) is 0 Å². The maximum atomic E-state index is 3.49. The average molecular weight is 272 g/mol. The predicted molar refractivity (Wildman–Crippen MR) is 85.9 cm³/mol. The molecule has 116 valence electrons. The highest BCUT2D eigenvalue weighted by Gasteiger charge is 1.92. The van der Waals surface area contributed by atoms with Gasteiger partial charge >= 0.3 is 0 Å². The molecule has 0 unspecified atom stereocenters. The highest BCUT2D eigenvalue weighted by molar-refractivity contribution is 4.53. The zero-order valence-corrected chi connectivity index (χ0v) is 13.2. The van der Waals surface area contributed by atoms with Crippen LogP contribution in [0.4, 0.5) is 0 Å². The van der Waals surface area contributed by atoms with Crippen LogP contribution < -0.4 is 21.3 Å². The summed E-state index contributed by atoms with van der Waals surface area (Å²) in [6, 6.07) is 0. The fourth-order valence-corrected chi connectivity index (χ4v) is 2.06. The Balaban J connectivity index is 2.88. The molecule has 0 fully saturated rings. The van der Waals surface area contributed by atoms with Crippen molar-refractivity contribution in [3.63, 3.8) is 0 Å². The molecule has 0 aliphatic carbocycles. The molecule has 0 heterocycles. The first-order valence-corrected chi connectivity index (χ1v) is 8.12. The van der Waals surface area contributed by atoms with Crippen LogP contribution in [0.25, 0.3) is 0 Å². The number of hydrogen-bond donors (Lipinski definition) is 4. The quantitative estimate of drug-likeness (QED) is 0.320. The fourth-order valence-electron chi connectivity index (χ4n) is 2.06. The Hall–Kier alpha value is -0.160. The molecule has 0 radical (unpaired) electrons. The van der Waals surface area contributed by atoms with Gasteiger partial charge in [-0.2, -0.15) is 0 Å². The number of hydrogen-bond acceptors (Lipinski definition) is 4. The lowest BCUT2D eigenvalue weighted by molar-refractivity contribution is 0.544. The molecule has 4 nitrogen and oxygen atoms in total. The van der Waals surface area contributed by atoms with Crippen LogP contribution in [-0.2, 0) is 0 Å². The lowest BCUT2D eigenvalue weighted by Gasteiger charge is -2.06. The summed E-state index contributed by atoms with van der Waals surface area (Å²) in [5, 5.41) is 13.3. The van der Waals surface area contributed by atoms with E-state index in [1.54, 1.807) is 0 Å². The molecular formula is C15H36N4. The van der Waals surface area contributed by atoms with Crippen molar-refractivity contribution in [2.45, 2.75) is 44.9 Å². The van der Waals surface area contributed by atoms with Gasteiger partial charge in [-0.25, -0.2) is 0 Å². The maximum absolute atomic E-state index is 3.49. The number of unbranched alkanes of at least 4 members (excludes halogenated alkanes) is 4. The minimum Gasteiger partial charge on any atom is -0.320 e. The molecule has 0 aliphatic heterocycles. The molecular weight excluding hydrogens is 236 g/mol. The molecule has 0 amide bonds. The Morgan fingerprint density at radius 1 is 0.421 bits per heavy atom. The second-order valence-electron chi connectivity index (χ2n) is 5.18. The Morgan fingerprint density at radius 2 is 0.789 bits per heavy atom. The van der Waals surface area contributed by atoms with Gasteiger partial charge in [-0.3, -0.25) is 0 Å². The summed E-state index contributed by atoms with van der Waals surface area (Å²) in [5.74, 6) is 0. The molecule has 4 N–H and O–H groups in total. The van der Waals surface area contributed by atoms with Gasteiger partial charge in [0.1, 0.15) is 0 Å². The average Bonchev–Trinajstić information content (AvgIpc) is 2.43. The van der Waals surface area contributed by atoms with E-state index in [1.165, 1.54) is 58.0 Å². The fraction of sp³-hybridized carbons (Fsp3) is 1.00. The van der Waals surface area contributed by atoms with E-state index in [1.807, 2.05) is 14.1 Å². The highest BCUT2D eigenvalue weighted by atomic mass is 14.9. The van der Waals surface area contributed by atoms with Gasteiger partial charge in [0, 0.05) is 0 Å². The van der Waals surface area contributed by atoms with Crippen molar-refractivity contribution in [3.8, 4) is 0 Å². The van der Waals surface area contributed by atoms with Crippen molar-refractivity contribution in [2.75, 3.05) is 53.4 Å². The zero-order chi connectivity index (χ0) is 14.0. The summed E-state index contributed by atoms with van der Waals surface area (Å²) in [6.45, 7) is 6.91. The molecule has 0 atom stereocenters.